The number of piperidine rings is 1. The van der Waals surface area contributed by atoms with Crippen LogP contribution in [0.2, 0.25) is 0 Å². The number of hydrogen-bond donors (Lipinski definition) is 3. The summed E-state index contributed by atoms with van der Waals surface area (Å²) in [6, 6.07) is 4.43. The minimum atomic E-state index is -0.190. The van der Waals surface area contributed by atoms with E-state index in [1.165, 1.54) is 12.8 Å². The summed E-state index contributed by atoms with van der Waals surface area (Å²) in [6.07, 6.45) is 7.00. The van der Waals surface area contributed by atoms with Crippen LogP contribution in [-0.4, -0.2) is 43.0 Å². The Morgan fingerprint density at radius 1 is 1.31 bits per heavy atom. The third kappa shape index (κ3) is 7.55. The van der Waals surface area contributed by atoms with Crippen LogP contribution in [0.15, 0.2) is 23.3 Å². The Hall–Kier alpha value is -2.31. The van der Waals surface area contributed by atoms with E-state index < -0.39 is 0 Å². The number of nitrogens with one attached hydrogen (secondary N) is 2. The second-order valence-corrected chi connectivity index (χ2v) is 8.45. The van der Waals surface area contributed by atoms with Gasteiger partial charge in [0.05, 0.1) is 0 Å². The molecule has 0 spiro atoms. The van der Waals surface area contributed by atoms with Gasteiger partial charge in [0.15, 0.2) is 5.96 Å². The molecule has 162 valence electrons. The smallest absolute Gasteiger partial charge is 0.220 e. The standard InChI is InChI=1S/C22H38N6O/c1-16(2)7-5-8-17(3)27-22(24-4)26-15-19-9-6-12-25-21(19)28-13-10-18(11-14-28)20(23)29/h6,9,12,16-18H,5,7-8,10-11,13-15H2,1-4H3,(H2,23,29)(H2,24,26,27). The van der Waals surface area contributed by atoms with Crippen molar-refractivity contribution in [1.29, 1.82) is 0 Å². The van der Waals surface area contributed by atoms with Crippen molar-refractivity contribution >= 4 is 17.7 Å². The van der Waals surface area contributed by atoms with E-state index in [9.17, 15) is 4.79 Å². The number of nitrogens with zero attached hydrogens (tertiary/aromatic N) is 3. The van der Waals surface area contributed by atoms with E-state index in [4.69, 9.17) is 5.73 Å². The maximum Gasteiger partial charge on any atom is 0.220 e. The predicted molar refractivity (Wildman–Crippen MR) is 120 cm³/mol. The number of carbonyl (C=O) groups excluding carboxylic acids is 1. The molecule has 29 heavy (non-hydrogen) atoms. The molecule has 0 bridgehead atoms. The summed E-state index contributed by atoms with van der Waals surface area (Å²) in [7, 11) is 1.80. The first-order chi connectivity index (χ1) is 13.9. The summed E-state index contributed by atoms with van der Waals surface area (Å²) < 4.78 is 0. The van der Waals surface area contributed by atoms with Gasteiger partial charge in [0, 0.05) is 50.4 Å². The number of primary amides is 1. The Labute approximate surface area is 175 Å². The van der Waals surface area contributed by atoms with Gasteiger partial charge in [-0.2, -0.15) is 0 Å². The number of amides is 1. The average molecular weight is 403 g/mol. The van der Waals surface area contributed by atoms with Gasteiger partial charge in [0.2, 0.25) is 5.91 Å². The Kier molecular flexibility index (Phi) is 9.22. The predicted octanol–water partition coefficient (Wildman–Crippen LogP) is 2.66. The van der Waals surface area contributed by atoms with Crippen LogP contribution in [0.25, 0.3) is 0 Å². The molecule has 7 nitrogen and oxygen atoms in total. The zero-order chi connectivity index (χ0) is 21.2. The van der Waals surface area contributed by atoms with Crippen LogP contribution in [0.3, 0.4) is 0 Å². The summed E-state index contributed by atoms with van der Waals surface area (Å²) in [5.74, 6) is 2.33. The lowest BCUT2D eigenvalue weighted by atomic mass is 9.96. The normalized spacial score (nSPS) is 16.7. The van der Waals surface area contributed by atoms with E-state index in [-0.39, 0.29) is 11.8 Å². The van der Waals surface area contributed by atoms with Gasteiger partial charge in [0.1, 0.15) is 5.82 Å². The molecule has 4 N–H and O–H groups in total. The summed E-state index contributed by atoms with van der Waals surface area (Å²) in [4.78, 5) is 22.6. The molecule has 1 aliphatic heterocycles. The molecule has 2 heterocycles. The van der Waals surface area contributed by atoms with Crippen LogP contribution in [0.4, 0.5) is 5.82 Å². The zero-order valence-corrected chi connectivity index (χ0v) is 18.4. The van der Waals surface area contributed by atoms with Crippen LogP contribution in [0.5, 0.6) is 0 Å². The molecule has 1 saturated heterocycles. The van der Waals surface area contributed by atoms with E-state index >= 15 is 0 Å². The van der Waals surface area contributed by atoms with Gasteiger partial charge in [-0.3, -0.25) is 9.79 Å². The molecule has 0 aliphatic carbocycles. The van der Waals surface area contributed by atoms with Gasteiger partial charge in [-0.15, -0.1) is 0 Å². The lowest BCUT2D eigenvalue weighted by Gasteiger charge is -2.32. The van der Waals surface area contributed by atoms with E-state index in [2.05, 4.69) is 52.3 Å². The third-order valence-corrected chi connectivity index (χ3v) is 5.54. The van der Waals surface area contributed by atoms with E-state index in [1.807, 2.05) is 12.3 Å². The van der Waals surface area contributed by atoms with Crippen LogP contribution in [0.1, 0.15) is 58.4 Å². The van der Waals surface area contributed by atoms with Gasteiger partial charge >= 0.3 is 0 Å². The van der Waals surface area contributed by atoms with Gasteiger partial charge in [-0.25, -0.2) is 4.98 Å². The lowest BCUT2D eigenvalue weighted by Crippen LogP contribution is -2.42. The largest absolute Gasteiger partial charge is 0.369 e. The highest BCUT2D eigenvalue weighted by molar-refractivity contribution is 5.80. The first kappa shape index (κ1) is 23.0. The summed E-state index contributed by atoms with van der Waals surface area (Å²) in [5.41, 5.74) is 6.58. The first-order valence-electron chi connectivity index (χ1n) is 10.9. The molecular weight excluding hydrogens is 364 g/mol. The van der Waals surface area contributed by atoms with Crippen LogP contribution in [0, 0.1) is 11.8 Å². The zero-order valence-electron chi connectivity index (χ0n) is 18.4. The number of aliphatic imine (C=N–C) groups is 1. The topological polar surface area (TPSA) is 95.6 Å². The maximum atomic E-state index is 11.4. The van der Waals surface area contributed by atoms with Crippen molar-refractivity contribution in [2.24, 2.45) is 22.6 Å². The van der Waals surface area contributed by atoms with Crippen molar-refractivity contribution in [1.82, 2.24) is 15.6 Å². The van der Waals surface area contributed by atoms with Crippen molar-refractivity contribution in [3.63, 3.8) is 0 Å². The maximum absolute atomic E-state index is 11.4. The molecule has 0 aromatic carbocycles. The molecule has 1 aromatic heterocycles. The SMILES string of the molecule is CN=C(NCc1cccnc1N1CCC(C(N)=O)CC1)NC(C)CCCC(C)C. The lowest BCUT2D eigenvalue weighted by molar-refractivity contribution is -0.122. The number of nitrogens with two attached hydrogens (primary N) is 1. The molecule has 1 fully saturated rings. The Morgan fingerprint density at radius 2 is 2.03 bits per heavy atom. The molecule has 2 rings (SSSR count). The van der Waals surface area contributed by atoms with E-state index in [0.29, 0.717) is 12.6 Å². The molecule has 1 aliphatic rings. The number of aromatic nitrogens is 1. The summed E-state index contributed by atoms with van der Waals surface area (Å²) in [5, 5.41) is 6.90. The number of guanidine groups is 1. The average Bonchev–Trinajstić information content (AvgIpc) is 2.71. The van der Waals surface area contributed by atoms with Gasteiger partial charge in [-0.05, 0) is 38.2 Å². The second-order valence-electron chi connectivity index (χ2n) is 8.45. The van der Waals surface area contributed by atoms with Crippen molar-refractivity contribution < 1.29 is 4.79 Å². The Morgan fingerprint density at radius 3 is 2.66 bits per heavy atom. The van der Waals surface area contributed by atoms with Crippen molar-refractivity contribution in [2.45, 2.75) is 65.5 Å². The fourth-order valence-corrected chi connectivity index (χ4v) is 3.74. The first-order valence-corrected chi connectivity index (χ1v) is 10.9. The molecule has 0 radical (unpaired) electrons. The molecule has 0 saturated carbocycles. The van der Waals surface area contributed by atoms with Gasteiger partial charge < -0.3 is 21.3 Å². The third-order valence-electron chi connectivity index (χ3n) is 5.54. The Balaban J connectivity index is 1.89. The second kappa shape index (κ2) is 11.6. The molecule has 7 heteroatoms. The van der Waals surface area contributed by atoms with Crippen LogP contribution >= 0.6 is 0 Å². The van der Waals surface area contributed by atoms with Crippen molar-refractivity contribution in [3.05, 3.63) is 23.9 Å². The van der Waals surface area contributed by atoms with Crippen LogP contribution in [-0.2, 0) is 11.3 Å². The minimum Gasteiger partial charge on any atom is -0.369 e. The van der Waals surface area contributed by atoms with Crippen molar-refractivity contribution in [2.75, 3.05) is 25.0 Å². The number of rotatable bonds is 9. The molecule has 1 aromatic rings. The van der Waals surface area contributed by atoms with E-state index in [0.717, 1.165) is 55.6 Å². The summed E-state index contributed by atoms with van der Waals surface area (Å²) >= 11 is 0. The highest BCUT2D eigenvalue weighted by Gasteiger charge is 2.25. The molecule has 1 unspecified atom stereocenters. The number of pyridine rings is 1. The molecule has 1 atom stereocenters. The van der Waals surface area contributed by atoms with E-state index in [1.54, 1.807) is 7.05 Å². The van der Waals surface area contributed by atoms with Crippen molar-refractivity contribution in [3.8, 4) is 0 Å². The molecular formula is C22H38N6O. The highest BCUT2D eigenvalue weighted by Crippen LogP contribution is 2.24. The minimum absolute atomic E-state index is 0.0169. The Bertz CT molecular complexity index is 667. The van der Waals surface area contributed by atoms with Gasteiger partial charge in [0.25, 0.3) is 0 Å². The molecule has 1 amide bonds. The van der Waals surface area contributed by atoms with Gasteiger partial charge in [-0.1, -0.05) is 32.8 Å². The summed E-state index contributed by atoms with van der Waals surface area (Å²) in [6.45, 7) is 8.98. The van der Waals surface area contributed by atoms with Crippen LogP contribution < -0.4 is 21.3 Å². The number of hydrogen-bond acceptors (Lipinski definition) is 4. The fourth-order valence-electron chi connectivity index (χ4n) is 3.74. The number of anilines is 1. The quantitative estimate of drug-likeness (QED) is 0.436. The highest BCUT2D eigenvalue weighted by atomic mass is 16.1. The number of carbonyl (C=O) groups is 1. The monoisotopic (exact) mass is 402 g/mol. The fraction of sp³-hybridized carbons (Fsp3) is 0.682.